The van der Waals surface area contributed by atoms with Gasteiger partial charge in [0.1, 0.15) is 0 Å². The highest BCUT2D eigenvalue weighted by atomic mass is 16.2. The lowest BCUT2D eigenvalue weighted by Gasteiger charge is -2.30. The van der Waals surface area contributed by atoms with E-state index in [0.29, 0.717) is 5.69 Å². The van der Waals surface area contributed by atoms with Crippen LogP contribution in [0, 0.1) is 0 Å². The lowest BCUT2D eigenvalue weighted by molar-refractivity contribution is 0.0922. The predicted octanol–water partition coefficient (Wildman–Crippen LogP) is 0.981. The number of H-pyrrole nitrogens is 1. The molecule has 110 valence electrons. The molecule has 0 aliphatic carbocycles. The van der Waals surface area contributed by atoms with Crippen molar-refractivity contribution in [2.75, 3.05) is 13.1 Å². The summed E-state index contributed by atoms with van der Waals surface area (Å²) in [5.74, 6) is -0.186. The average Bonchev–Trinajstić information content (AvgIpc) is 3.01. The summed E-state index contributed by atoms with van der Waals surface area (Å²) in [5.41, 5.74) is 3.15. The Morgan fingerprint density at radius 2 is 2.24 bits per heavy atom. The van der Waals surface area contributed by atoms with Gasteiger partial charge in [-0.3, -0.25) is 9.69 Å². The molecule has 1 atom stereocenters. The van der Waals surface area contributed by atoms with E-state index in [1.54, 1.807) is 0 Å². The molecule has 2 aromatic rings. The zero-order valence-corrected chi connectivity index (χ0v) is 12.0. The van der Waals surface area contributed by atoms with Crippen LogP contribution in [0.25, 0.3) is 0 Å². The number of nitrogens with one attached hydrogen (secondary N) is 2. The molecule has 0 spiro atoms. The Balaban J connectivity index is 1.54. The molecule has 1 aromatic heterocycles. The van der Waals surface area contributed by atoms with Gasteiger partial charge >= 0.3 is 0 Å². The van der Waals surface area contributed by atoms with E-state index in [0.717, 1.165) is 26.1 Å². The molecule has 1 unspecified atom stereocenters. The lowest BCUT2D eigenvalue weighted by atomic mass is 10.00. The Labute approximate surface area is 123 Å². The number of hydrogen-bond donors (Lipinski definition) is 2. The number of fused-ring (bicyclic) bond motifs is 1. The van der Waals surface area contributed by atoms with Gasteiger partial charge in [0.05, 0.1) is 6.20 Å². The number of aromatic nitrogens is 3. The summed E-state index contributed by atoms with van der Waals surface area (Å²) >= 11 is 0. The van der Waals surface area contributed by atoms with Crippen molar-refractivity contribution in [3.05, 3.63) is 47.3 Å². The molecule has 0 saturated carbocycles. The van der Waals surface area contributed by atoms with E-state index in [4.69, 9.17) is 0 Å². The van der Waals surface area contributed by atoms with Crippen molar-refractivity contribution < 1.29 is 4.79 Å². The van der Waals surface area contributed by atoms with Crippen LogP contribution < -0.4 is 5.32 Å². The first-order valence-corrected chi connectivity index (χ1v) is 7.18. The maximum absolute atomic E-state index is 11.9. The maximum Gasteiger partial charge on any atom is 0.273 e. The minimum Gasteiger partial charge on any atom is -0.347 e. The molecule has 0 radical (unpaired) electrons. The van der Waals surface area contributed by atoms with Gasteiger partial charge in [-0.15, -0.1) is 0 Å². The highest BCUT2D eigenvalue weighted by Gasteiger charge is 2.19. The highest BCUT2D eigenvalue weighted by Crippen LogP contribution is 2.18. The number of amides is 1. The molecule has 1 amide bonds. The van der Waals surface area contributed by atoms with Gasteiger partial charge in [0.25, 0.3) is 5.91 Å². The van der Waals surface area contributed by atoms with Crippen LogP contribution in [-0.4, -0.2) is 45.3 Å². The largest absolute Gasteiger partial charge is 0.347 e. The molecular formula is C15H19N5O. The number of nitrogens with zero attached hydrogens (tertiary/aromatic N) is 3. The summed E-state index contributed by atoms with van der Waals surface area (Å²) in [6, 6.07) is 8.62. The molecule has 6 heteroatoms. The van der Waals surface area contributed by atoms with E-state index in [-0.39, 0.29) is 11.9 Å². The van der Waals surface area contributed by atoms with E-state index >= 15 is 0 Å². The topological polar surface area (TPSA) is 73.9 Å². The third kappa shape index (κ3) is 3.28. The van der Waals surface area contributed by atoms with Gasteiger partial charge < -0.3 is 5.32 Å². The first kappa shape index (κ1) is 13.8. The van der Waals surface area contributed by atoms with Gasteiger partial charge in [-0.2, -0.15) is 15.4 Å². The monoisotopic (exact) mass is 285 g/mol. The second-order valence-electron chi connectivity index (χ2n) is 5.48. The number of carbonyl (C=O) groups excluding carboxylic acids is 1. The van der Waals surface area contributed by atoms with Crippen LogP contribution in [0.4, 0.5) is 0 Å². The van der Waals surface area contributed by atoms with E-state index in [9.17, 15) is 4.79 Å². The molecule has 0 saturated heterocycles. The van der Waals surface area contributed by atoms with Crippen LogP contribution in [0.5, 0.6) is 0 Å². The molecule has 1 aromatic carbocycles. The summed E-state index contributed by atoms with van der Waals surface area (Å²) in [4.78, 5) is 14.3. The highest BCUT2D eigenvalue weighted by molar-refractivity contribution is 5.91. The Bertz CT molecular complexity index is 610. The van der Waals surface area contributed by atoms with Gasteiger partial charge in [-0.1, -0.05) is 24.3 Å². The quantitative estimate of drug-likeness (QED) is 0.878. The van der Waals surface area contributed by atoms with Crippen LogP contribution in [0.3, 0.4) is 0 Å². The van der Waals surface area contributed by atoms with Crippen molar-refractivity contribution >= 4 is 5.91 Å². The Hall–Kier alpha value is -2.21. The van der Waals surface area contributed by atoms with E-state index < -0.39 is 0 Å². The van der Waals surface area contributed by atoms with E-state index in [2.05, 4.69) is 49.9 Å². The number of hydrogen-bond acceptors (Lipinski definition) is 4. The number of carbonyl (C=O) groups is 1. The van der Waals surface area contributed by atoms with Crippen molar-refractivity contribution in [1.82, 2.24) is 25.6 Å². The molecule has 2 N–H and O–H groups in total. The van der Waals surface area contributed by atoms with Crippen LogP contribution in [0.1, 0.15) is 28.5 Å². The van der Waals surface area contributed by atoms with Crippen LogP contribution in [0.2, 0.25) is 0 Å². The zero-order chi connectivity index (χ0) is 14.7. The molecule has 6 nitrogen and oxygen atoms in total. The first-order valence-electron chi connectivity index (χ1n) is 7.18. The van der Waals surface area contributed by atoms with Crippen molar-refractivity contribution in [2.24, 2.45) is 0 Å². The fourth-order valence-corrected chi connectivity index (χ4v) is 2.75. The van der Waals surface area contributed by atoms with Gasteiger partial charge in [-0.25, -0.2) is 0 Å². The molecule has 0 fully saturated rings. The van der Waals surface area contributed by atoms with Crippen molar-refractivity contribution in [2.45, 2.75) is 25.9 Å². The zero-order valence-electron chi connectivity index (χ0n) is 12.0. The van der Waals surface area contributed by atoms with Crippen LogP contribution >= 0.6 is 0 Å². The van der Waals surface area contributed by atoms with Crippen molar-refractivity contribution in [3.8, 4) is 0 Å². The normalized spacial score (nSPS) is 16.2. The standard InChI is InChI=1S/C15H19N5O/c1-11(17-15(21)14-8-16-19-18-14)9-20-7-6-12-4-2-3-5-13(12)10-20/h2-5,8,11H,6-7,9-10H2,1H3,(H,17,21)(H,16,18,19). The molecule has 0 bridgehead atoms. The van der Waals surface area contributed by atoms with Crippen molar-refractivity contribution in [1.29, 1.82) is 0 Å². The average molecular weight is 285 g/mol. The molecule has 1 aliphatic rings. The van der Waals surface area contributed by atoms with Gasteiger partial charge in [0.2, 0.25) is 0 Å². The minimum atomic E-state index is -0.186. The summed E-state index contributed by atoms with van der Waals surface area (Å²) in [6.07, 6.45) is 2.50. The van der Waals surface area contributed by atoms with Crippen LogP contribution in [0.15, 0.2) is 30.5 Å². The summed E-state index contributed by atoms with van der Waals surface area (Å²) in [5, 5.41) is 12.8. The predicted molar refractivity (Wildman–Crippen MR) is 78.7 cm³/mol. The van der Waals surface area contributed by atoms with E-state index in [1.165, 1.54) is 17.3 Å². The number of benzene rings is 1. The van der Waals surface area contributed by atoms with Gasteiger partial charge in [-0.05, 0) is 24.5 Å². The summed E-state index contributed by atoms with van der Waals surface area (Å²) in [6.45, 7) is 4.82. The third-order valence-electron chi connectivity index (χ3n) is 3.77. The second kappa shape index (κ2) is 6.05. The molecule has 3 rings (SSSR count). The summed E-state index contributed by atoms with van der Waals surface area (Å²) < 4.78 is 0. The Morgan fingerprint density at radius 1 is 1.43 bits per heavy atom. The molecule has 2 heterocycles. The fraction of sp³-hybridized carbons (Fsp3) is 0.400. The summed E-state index contributed by atoms with van der Waals surface area (Å²) in [7, 11) is 0. The Morgan fingerprint density at radius 3 is 3.00 bits per heavy atom. The van der Waals surface area contributed by atoms with Crippen LogP contribution in [-0.2, 0) is 13.0 Å². The number of aromatic amines is 1. The maximum atomic E-state index is 11.9. The molecular weight excluding hydrogens is 266 g/mol. The van der Waals surface area contributed by atoms with Gasteiger partial charge in [0.15, 0.2) is 5.69 Å². The fourth-order valence-electron chi connectivity index (χ4n) is 2.75. The first-order chi connectivity index (χ1) is 10.2. The second-order valence-corrected chi connectivity index (χ2v) is 5.48. The van der Waals surface area contributed by atoms with Crippen molar-refractivity contribution in [3.63, 3.8) is 0 Å². The smallest absolute Gasteiger partial charge is 0.273 e. The number of rotatable bonds is 4. The molecule has 1 aliphatic heterocycles. The lowest BCUT2D eigenvalue weighted by Crippen LogP contribution is -2.43. The third-order valence-corrected chi connectivity index (χ3v) is 3.77. The minimum absolute atomic E-state index is 0.0689. The van der Waals surface area contributed by atoms with Gasteiger partial charge in [0, 0.05) is 25.7 Å². The Kier molecular flexibility index (Phi) is 3.96. The molecule has 21 heavy (non-hydrogen) atoms. The SMILES string of the molecule is CC(CN1CCc2ccccc2C1)NC(=O)c1cn[nH]n1. The van der Waals surface area contributed by atoms with E-state index in [1.807, 2.05) is 6.92 Å².